The Morgan fingerprint density at radius 1 is 1.07 bits per heavy atom. The summed E-state index contributed by atoms with van der Waals surface area (Å²) in [5, 5.41) is 4.58. The monoisotopic (exact) mass is 414 g/mol. The number of para-hydroxylation sites is 2. The fourth-order valence-corrected chi connectivity index (χ4v) is 4.14. The number of carbonyl (C=O) groups excluding carboxylic acids is 1. The Kier molecular flexibility index (Phi) is 6.13. The highest BCUT2D eigenvalue weighted by Crippen LogP contribution is 2.26. The van der Waals surface area contributed by atoms with E-state index in [0.717, 1.165) is 4.88 Å². The number of amides is 1. The number of rotatable bonds is 7. The van der Waals surface area contributed by atoms with Gasteiger partial charge in [-0.05, 0) is 47.9 Å². The second-order valence-electron chi connectivity index (χ2n) is 5.67. The van der Waals surface area contributed by atoms with E-state index in [9.17, 15) is 13.2 Å². The Morgan fingerprint density at radius 2 is 1.89 bits per heavy atom. The molecule has 0 aliphatic carbocycles. The first-order valence-corrected chi connectivity index (χ1v) is 10.6. The molecule has 28 heavy (non-hydrogen) atoms. The third kappa shape index (κ3) is 4.99. The van der Waals surface area contributed by atoms with Gasteiger partial charge in [-0.15, -0.1) is 11.3 Å². The number of carbonyl (C=O) groups is 1. The minimum Gasteiger partial charge on any atom is -0.495 e. The first kappa shape index (κ1) is 19.7. The zero-order valence-corrected chi connectivity index (χ0v) is 16.6. The van der Waals surface area contributed by atoms with Crippen LogP contribution >= 0.6 is 11.3 Å². The highest BCUT2D eigenvalue weighted by molar-refractivity contribution is 7.92. The van der Waals surface area contributed by atoms with Gasteiger partial charge in [-0.3, -0.25) is 9.52 Å². The maximum atomic E-state index is 12.7. The van der Waals surface area contributed by atoms with Crippen molar-refractivity contribution in [3.05, 3.63) is 77.0 Å². The summed E-state index contributed by atoms with van der Waals surface area (Å²) in [6.07, 6.45) is 3.10. The van der Waals surface area contributed by atoms with Gasteiger partial charge in [0.05, 0.1) is 17.7 Å². The first-order chi connectivity index (χ1) is 13.5. The standard InChI is InChI=1S/C20H18N2O4S2/c1-26-19-10-3-2-9-18(19)22-28(24,25)17-8-4-6-15(14-17)21-20(23)12-11-16-7-5-13-27-16/h2-14,22H,1H3,(H,21,23). The fourth-order valence-electron chi connectivity index (χ4n) is 2.40. The number of nitrogens with one attached hydrogen (secondary N) is 2. The zero-order valence-electron chi connectivity index (χ0n) is 15.0. The minimum atomic E-state index is -3.85. The van der Waals surface area contributed by atoms with Crippen LogP contribution in [0.4, 0.5) is 11.4 Å². The molecule has 0 aliphatic rings. The molecule has 0 saturated carbocycles. The second kappa shape index (κ2) is 8.73. The zero-order chi connectivity index (χ0) is 20.0. The van der Waals surface area contributed by atoms with Crippen LogP contribution in [-0.2, 0) is 14.8 Å². The highest BCUT2D eigenvalue weighted by Gasteiger charge is 2.17. The number of anilines is 2. The average molecular weight is 415 g/mol. The number of ether oxygens (including phenoxy) is 1. The van der Waals surface area contributed by atoms with Gasteiger partial charge >= 0.3 is 0 Å². The second-order valence-corrected chi connectivity index (χ2v) is 8.33. The van der Waals surface area contributed by atoms with E-state index in [1.165, 1.54) is 36.7 Å². The van der Waals surface area contributed by atoms with Crippen LogP contribution in [0.2, 0.25) is 0 Å². The summed E-state index contributed by atoms with van der Waals surface area (Å²) >= 11 is 1.52. The average Bonchev–Trinajstić information content (AvgIpc) is 3.20. The van der Waals surface area contributed by atoms with Crippen LogP contribution in [-0.4, -0.2) is 21.4 Å². The number of sulfonamides is 1. The van der Waals surface area contributed by atoms with Gasteiger partial charge in [0.1, 0.15) is 5.75 Å². The van der Waals surface area contributed by atoms with E-state index < -0.39 is 10.0 Å². The Hall–Kier alpha value is -3.10. The van der Waals surface area contributed by atoms with Gasteiger partial charge in [0.15, 0.2) is 0 Å². The quantitative estimate of drug-likeness (QED) is 0.567. The van der Waals surface area contributed by atoms with Crippen molar-refractivity contribution in [1.82, 2.24) is 0 Å². The molecule has 0 spiro atoms. The molecule has 8 heteroatoms. The van der Waals surface area contributed by atoms with Crippen molar-refractivity contribution < 1.29 is 17.9 Å². The number of methoxy groups -OCH3 is 1. The van der Waals surface area contributed by atoms with Crippen molar-refractivity contribution in [2.75, 3.05) is 17.1 Å². The normalized spacial score (nSPS) is 11.3. The fraction of sp³-hybridized carbons (Fsp3) is 0.0500. The van der Waals surface area contributed by atoms with Crippen molar-refractivity contribution in [3.8, 4) is 5.75 Å². The summed E-state index contributed by atoms with van der Waals surface area (Å²) < 4.78 is 33.1. The molecule has 0 unspecified atom stereocenters. The van der Waals surface area contributed by atoms with Crippen LogP contribution in [0.1, 0.15) is 4.88 Å². The topological polar surface area (TPSA) is 84.5 Å². The molecular formula is C20H18N2O4S2. The molecule has 6 nitrogen and oxygen atoms in total. The number of hydrogen-bond donors (Lipinski definition) is 2. The molecule has 1 heterocycles. The summed E-state index contributed by atoms with van der Waals surface area (Å²) in [5.41, 5.74) is 0.710. The lowest BCUT2D eigenvalue weighted by Crippen LogP contribution is -2.14. The van der Waals surface area contributed by atoms with Crippen LogP contribution in [0.5, 0.6) is 5.75 Å². The Labute approximate surface area is 167 Å². The molecular weight excluding hydrogens is 396 g/mol. The summed E-state index contributed by atoms with van der Waals surface area (Å²) in [4.78, 5) is 13.0. The van der Waals surface area contributed by atoms with Crippen LogP contribution < -0.4 is 14.8 Å². The molecule has 1 amide bonds. The Morgan fingerprint density at radius 3 is 2.64 bits per heavy atom. The number of thiophene rings is 1. The minimum absolute atomic E-state index is 0.0263. The lowest BCUT2D eigenvalue weighted by molar-refractivity contribution is -0.111. The molecule has 0 fully saturated rings. The predicted molar refractivity (Wildman–Crippen MR) is 112 cm³/mol. The summed E-state index contributed by atoms with van der Waals surface area (Å²) in [6, 6.07) is 16.5. The number of hydrogen-bond acceptors (Lipinski definition) is 5. The third-order valence-electron chi connectivity index (χ3n) is 3.71. The Bertz CT molecular complexity index is 1090. The van der Waals surface area contributed by atoms with Crippen molar-refractivity contribution in [3.63, 3.8) is 0 Å². The molecule has 3 aromatic rings. The van der Waals surface area contributed by atoms with E-state index in [4.69, 9.17) is 4.74 Å². The largest absolute Gasteiger partial charge is 0.495 e. The summed E-state index contributed by atoms with van der Waals surface area (Å²) in [6.45, 7) is 0. The van der Waals surface area contributed by atoms with E-state index in [0.29, 0.717) is 17.1 Å². The van der Waals surface area contributed by atoms with Crippen LogP contribution in [0, 0.1) is 0 Å². The summed E-state index contributed by atoms with van der Waals surface area (Å²) in [5.74, 6) is 0.0647. The lowest BCUT2D eigenvalue weighted by Gasteiger charge is -2.12. The van der Waals surface area contributed by atoms with Gasteiger partial charge < -0.3 is 10.1 Å². The van der Waals surface area contributed by atoms with E-state index in [-0.39, 0.29) is 10.8 Å². The SMILES string of the molecule is COc1ccccc1NS(=O)(=O)c1cccc(NC(=O)C=Cc2cccs2)c1. The van der Waals surface area contributed by atoms with Gasteiger partial charge in [0.25, 0.3) is 10.0 Å². The molecule has 3 rings (SSSR count). The van der Waals surface area contributed by atoms with E-state index in [1.807, 2.05) is 17.5 Å². The molecule has 0 aliphatic heterocycles. The van der Waals surface area contributed by atoms with Gasteiger partial charge in [0, 0.05) is 16.6 Å². The molecule has 0 saturated heterocycles. The van der Waals surface area contributed by atoms with E-state index in [1.54, 1.807) is 42.5 Å². The third-order valence-corrected chi connectivity index (χ3v) is 5.91. The van der Waals surface area contributed by atoms with Crippen LogP contribution in [0.15, 0.2) is 77.0 Å². The highest BCUT2D eigenvalue weighted by atomic mass is 32.2. The molecule has 0 radical (unpaired) electrons. The van der Waals surface area contributed by atoms with E-state index in [2.05, 4.69) is 10.0 Å². The van der Waals surface area contributed by atoms with Gasteiger partial charge in [-0.25, -0.2) is 8.42 Å². The molecule has 2 aromatic carbocycles. The lowest BCUT2D eigenvalue weighted by atomic mass is 10.3. The molecule has 0 bridgehead atoms. The van der Waals surface area contributed by atoms with Crippen LogP contribution in [0.3, 0.4) is 0 Å². The van der Waals surface area contributed by atoms with Crippen molar-refractivity contribution in [2.45, 2.75) is 4.90 Å². The van der Waals surface area contributed by atoms with Gasteiger partial charge in [0.2, 0.25) is 5.91 Å². The van der Waals surface area contributed by atoms with E-state index >= 15 is 0 Å². The summed E-state index contributed by atoms with van der Waals surface area (Å²) in [7, 11) is -2.38. The number of benzene rings is 2. The smallest absolute Gasteiger partial charge is 0.262 e. The maximum Gasteiger partial charge on any atom is 0.262 e. The van der Waals surface area contributed by atoms with Crippen molar-refractivity contribution in [1.29, 1.82) is 0 Å². The molecule has 144 valence electrons. The van der Waals surface area contributed by atoms with Crippen molar-refractivity contribution >= 4 is 44.7 Å². The van der Waals surface area contributed by atoms with Gasteiger partial charge in [-0.1, -0.05) is 24.3 Å². The van der Waals surface area contributed by atoms with Crippen molar-refractivity contribution in [2.24, 2.45) is 0 Å². The van der Waals surface area contributed by atoms with Crippen LogP contribution in [0.25, 0.3) is 6.08 Å². The molecule has 0 atom stereocenters. The predicted octanol–water partition coefficient (Wildman–Crippen LogP) is 4.21. The maximum absolute atomic E-state index is 12.7. The molecule has 1 aromatic heterocycles. The Balaban J connectivity index is 1.75. The van der Waals surface area contributed by atoms with Gasteiger partial charge in [-0.2, -0.15) is 0 Å². The molecule has 2 N–H and O–H groups in total. The first-order valence-electron chi connectivity index (χ1n) is 8.26.